The highest BCUT2D eigenvalue weighted by molar-refractivity contribution is 7.10. The second kappa shape index (κ2) is 11.1. The maximum absolute atomic E-state index is 12.5. The maximum Gasteiger partial charge on any atom is 0.309 e. The van der Waals surface area contributed by atoms with Crippen LogP contribution in [0.25, 0.3) is 0 Å². The van der Waals surface area contributed by atoms with Gasteiger partial charge in [0.2, 0.25) is 0 Å². The lowest BCUT2D eigenvalue weighted by Crippen LogP contribution is -2.45. The molecule has 0 bridgehead atoms. The fourth-order valence-electron chi connectivity index (χ4n) is 4.14. The van der Waals surface area contributed by atoms with Crippen molar-refractivity contribution in [3.8, 4) is 5.75 Å². The highest BCUT2D eigenvalue weighted by Crippen LogP contribution is 2.30. The van der Waals surface area contributed by atoms with Crippen molar-refractivity contribution in [2.45, 2.75) is 25.4 Å². The van der Waals surface area contributed by atoms with Crippen molar-refractivity contribution < 1.29 is 14.3 Å². The normalized spacial score (nSPS) is 14.2. The Hall–Kier alpha value is -3.16. The van der Waals surface area contributed by atoms with Gasteiger partial charge in [0.1, 0.15) is 5.75 Å². The fourth-order valence-corrected chi connectivity index (χ4v) is 5.00. The summed E-state index contributed by atoms with van der Waals surface area (Å²) in [5, 5.41) is 7.62. The molecule has 6 nitrogen and oxygen atoms in total. The van der Waals surface area contributed by atoms with Crippen LogP contribution in [-0.2, 0) is 29.0 Å². The summed E-state index contributed by atoms with van der Waals surface area (Å²) < 4.78 is 5.15. The Morgan fingerprint density at radius 2 is 1.76 bits per heavy atom. The molecule has 1 aromatic heterocycles. The fraction of sp³-hybridized carbons (Fsp3) is 0.308. The number of carbonyl (C=O) groups is 2. The first-order valence-electron chi connectivity index (χ1n) is 11.2. The largest absolute Gasteiger partial charge is 0.497 e. The Balaban J connectivity index is 1.30. The van der Waals surface area contributed by atoms with Crippen molar-refractivity contribution in [2.24, 2.45) is 0 Å². The number of hydrogen-bond acceptors (Lipinski definition) is 5. The standard InChI is InChI=1S/C26H29N3O3S/c1-32-22-10-8-19(9-11-22)12-14-27-25(30)26(31)28-17-23(24-7-4-16-33-24)29-15-13-20-5-2-3-6-21(20)18-29/h2-11,16,23H,12-15,17-18H2,1H3,(H,27,30)(H,28,31)/t23-/m0/s1. The first-order valence-corrected chi connectivity index (χ1v) is 12.0. The van der Waals surface area contributed by atoms with Gasteiger partial charge < -0.3 is 15.4 Å². The zero-order valence-electron chi connectivity index (χ0n) is 18.8. The van der Waals surface area contributed by atoms with Crippen molar-refractivity contribution in [1.29, 1.82) is 0 Å². The molecular weight excluding hydrogens is 434 g/mol. The van der Waals surface area contributed by atoms with E-state index in [1.807, 2.05) is 35.7 Å². The molecule has 172 valence electrons. The van der Waals surface area contributed by atoms with Crippen LogP contribution in [0.2, 0.25) is 0 Å². The molecule has 7 heteroatoms. The van der Waals surface area contributed by atoms with Crippen LogP contribution in [0.1, 0.15) is 27.6 Å². The summed E-state index contributed by atoms with van der Waals surface area (Å²) in [5.74, 6) is -0.402. The summed E-state index contributed by atoms with van der Waals surface area (Å²) >= 11 is 1.68. The third kappa shape index (κ3) is 6.00. The number of benzene rings is 2. The van der Waals surface area contributed by atoms with Gasteiger partial charge in [0.25, 0.3) is 0 Å². The van der Waals surface area contributed by atoms with Crippen molar-refractivity contribution in [3.05, 3.63) is 87.6 Å². The van der Waals surface area contributed by atoms with Gasteiger partial charge in [0, 0.05) is 31.1 Å². The Kier molecular flexibility index (Phi) is 7.75. The van der Waals surface area contributed by atoms with Crippen LogP contribution < -0.4 is 15.4 Å². The maximum atomic E-state index is 12.5. The number of ether oxygens (including phenoxy) is 1. The van der Waals surface area contributed by atoms with E-state index >= 15 is 0 Å². The lowest BCUT2D eigenvalue weighted by atomic mass is 9.98. The predicted octanol–water partition coefficient (Wildman–Crippen LogP) is 3.33. The Bertz CT molecular complexity index is 1070. The SMILES string of the molecule is COc1ccc(CCNC(=O)C(=O)NC[C@@H](c2cccs2)N2CCc3ccccc3C2)cc1. The molecule has 1 atom stereocenters. The van der Waals surface area contributed by atoms with E-state index in [9.17, 15) is 9.59 Å². The van der Waals surface area contributed by atoms with E-state index in [0.29, 0.717) is 19.5 Å². The van der Waals surface area contributed by atoms with Crippen LogP contribution in [0.5, 0.6) is 5.75 Å². The van der Waals surface area contributed by atoms with E-state index in [2.05, 4.69) is 45.9 Å². The molecule has 4 rings (SSSR count). The van der Waals surface area contributed by atoms with E-state index in [4.69, 9.17) is 4.74 Å². The number of fused-ring (bicyclic) bond motifs is 1. The van der Waals surface area contributed by atoms with Gasteiger partial charge in [-0.15, -0.1) is 11.3 Å². The molecule has 1 aliphatic rings. The smallest absolute Gasteiger partial charge is 0.309 e. The molecule has 0 saturated carbocycles. The molecule has 33 heavy (non-hydrogen) atoms. The molecular formula is C26H29N3O3S. The quantitative estimate of drug-likeness (QED) is 0.503. The molecule has 2 heterocycles. The number of methoxy groups -OCH3 is 1. The van der Waals surface area contributed by atoms with Crippen molar-refractivity contribution in [1.82, 2.24) is 15.5 Å². The summed E-state index contributed by atoms with van der Waals surface area (Å²) in [6.45, 7) is 2.55. The minimum atomic E-state index is -0.600. The Labute approximate surface area is 198 Å². The van der Waals surface area contributed by atoms with E-state index in [1.165, 1.54) is 16.0 Å². The topological polar surface area (TPSA) is 70.7 Å². The van der Waals surface area contributed by atoms with E-state index in [1.54, 1.807) is 18.4 Å². The van der Waals surface area contributed by atoms with Gasteiger partial charge in [0.15, 0.2) is 0 Å². The molecule has 0 unspecified atom stereocenters. The van der Waals surface area contributed by atoms with Gasteiger partial charge in [-0.2, -0.15) is 0 Å². The number of amides is 2. The van der Waals surface area contributed by atoms with Gasteiger partial charge in [-0.05, 0) is 53.1 Å². The molecule has 2 N–H and O–H groups in total. The van der Waals surface area contributed by atoms with Crippen LogP contribution >= 0.6 is 11.3 Å². The minimum Gasteiger partial charge on any atom is -0.497 e. The Morgan fingerprint density at radius 3 is 2.48 bits per heavy atom. The zero-order chi connectivity index (χ0) is 23.0. The van der Waals surface area contributed by atoms with Crippen LogP contribution in [0.15, 0.2) is 66.0 Å². The average molecular weight is 464 g/mol. The van der Waals surface area contributed by atoms with Gasteiger partial charge in [-0.3, -0.25) is 14.5 Å². The second-order valence-corrected chi connectivity index (χ2v) is 9.06. The van der Waals surface area contributed by atoms with E-state index in [0.717, 1.165) is 30.8 Å². The van der Waals surface area contributed by atoms with Crippen molar-refractivity contribution in [3.63, 3.8) is 0 Å². The van der Waals surface area contributed by atoms with Crippen LogP contribution in [0.3, 0.4) is 0 Å². The summed E-state index contributed by atoms with van der Waals surface area (Å²) in [5.41, 5.74) is 3.78. The lowest BCUT2D eigenvalue weighted by Gasteiger charge is -2.35. The van der Waals surface area contributed by atoms with Crippen LogP contribution in [-0.4, -0.2) is 43.5 Å². The average Bonchev–Trinajstić information content (AvgIpc) is 3.39. The third-order valence-electron chi connectivity index (χ3n) is 5.99. The van der Waals surface area contributed by atoms with Crippen LogP contribution in [0.4, 0.5) is 0 Å². The highest BCUT2D eigenvalue weighted by Gasteiger charge is 2.26. The van der Waals surface area contributed by atoms with Crippen molar-refractivity contribution in [2.75, 3.05) is 26.7 Å². The predicted molar refractivity (Wildman–Crippen MR) is 130 cm³/mol. The molecule has 0 aliphatic carbocycles. The van der Waals surface area contributed by atoms with E-state index in [-0.39, 0.29) is 6.04 Å². The summed E-state index contributed by atoms with van der Waals surface area (Å²) in [6.07, 6.45) is 1.63. The number of thiophene rings is 1. The van der Waals surface area contributed by atoms with Gasteiger partial charge in [0.05, 0.1) is 13.2 Å². The summed E-state index contributed by atoms with van der Waals surface area (Å²) in [6, 6.07) is 20.3. The monoisotopic (exact) mass is 463 g/mol. The number of rotatable bonds is 8. The van der Waals surface area contributed by atoms with Crippen LogP contribution in [0, 0.1) is 0 Å². The van der Waals surface area contributed by atoms with Gasteiger partial charge >= 0.3 is 11.8 Å². The van der Waals surface area contributed by atoms with Gasteiger partial charge in [-0.25, -0.2) is 0 Å². The second-order valence-electron chi connectivity index (χ2n) is 8.08. The summed E-state index contributed by atoms with van der Waals surface area (Å²) in [7, 11) is 1.63. The molecule has 0 fully saturated rings. The molecule has 2 amide bonds. The molecule has 0 saturated heterocycles. The molecule has 0 spiro atoms. The molecule has 3 aromatic rings. The minimum absolute atomic E-state index is 0.0365. The first-order chi connectivity index (χ1) is 16.1. The van der Waals surface area contributed by atoms with Gasteiger partial charge in [-0.1, -0.05) is 42.5 Å². The van der Waals surface area contributed by atoms with E-state index < -0.39 is 11.8 Å². The molecule has 1 aliphatic heterocycles. The number of nitrogens with one attached hydrogen (secondary N) is 2. The number of hydrogen-bond donors (Lipinski definition) is 2. The summed E-state index contributed by atoms with van der Waals surface area (Å²) in [4.78, 5) is 28.4. The molecule has 0 radical (unpaired) electrons. The first kappa shape index (κ1) is 23.0. The lowest BCUT2D eigenvalue weighted by molar-refractivity contribution is -0.139. The number of carbonyl (C=O) groups excluding carboxylic acids is 2. The highest BCUT2D eigenvalue weighted by atomic mass is 32.1. The zero-order valence-corrected chi connectivity index (χ0v) is 19.6. The molecule has 2 aromatic carbocycles. The third-order valence-corrected chi connectivity index (χ3v) is 6.97. The van der Waals surface area contributed by atoms with Crippen molar-refractivity contribution >= 4 is 23.2 Å². The Morgan fingerprint density at radius 1 is 1.00 bits per heavy atom. The number of nitrogens with zero attached hydrogens (tertiary/aromatic N) is 1.